The first-order valence-electron chi connectivity index (χ1n) is 19.3. The summed E-state index contributed by atoms with van der Waals surface area (Å²) in [6.45, 7) is 17.0. The fraction of sp³-hybridized carbons (Fsp3) is 0.825. The van der Waals surface area contributed by atoms with Gasteiger partial charge in [0.25, 0.3) is 0 Å². The quantitative estimate of drug-likeness (QED) is 0.0400. The van der Waals surface area contributed by atoms with Gasteiger partial charge in [-0.1, -0.05) is 73.1 Å². The first kappa shape index (κ1) is 50.2. The van der Waals surface area contributed by atoms with Crippen molar-refractivity contribution in [2.75, 3.05) is 19.8 Å². The number of esters is 1. The summed E-state index contributed by atoms with van der Waals surface area (Å²) in [6.07, 6.45) is -6.45. The third kappa shape index (κ3) is 15.3. The van der Waals surface area contributed by atoms with E-state index in [1.165, 1.54) is 13.0 Å². The van der Waals surface area contributed by atoms with Crippen LogP contribution >= 0.6 is 0 Å². The van der Waals surface area contributed by atoms with Gasteiger partial charge in [-0.2, -0.15) is 0 Å². The lowest BCUT2D eigenvalue weighted by atomic mass is 9.82. The molecular formula is C40H72O14. The molecule has 1 saturated heterocycles. The number of hydrogen-bond donors (Lipinski definition) is 10. The van der Waals surface area contributed by atoms with Gasteiger partial charge in [0.15, 0.2) is 6.29 Å². The van der Waals surface area contributed by atoms with E-state index in [0.29, 0.717) is 23.0 Å². The first-order valence-corrected chi connectivity index (χ1v) is 19.3. The summed E-state index contributed by atoms with van der Waals surface area (Å²) in [5.41, 5.74) is 1.33. The largest absolute Gasteiger partial charge is 0.459 e. The van der Waals surface area contributed by atoms with Crippen LogP contribution in [0.5, 0.6) is 0 Å². The van der Waals surface area contributed by atoms with E-state index < -0.39 is 105 Å². The molecule has 0 aromatic carbocycles. The van der Waals surface area contributed by atoms with E-state index in [9.17, 15) is 50.8 Å². The highest BCUT2D eigenvalue weighted by atomic mass is 16.7. The lowest BCUT2D eigenvalue weighted by Gasteiger charge is -2.42. The minimum atomic E-state index is -1.71. The molecule has 10 N–H and O–H groups in total. The van der Waals surface area contributed by atoms with Gasteiger partial charge in [-0.3, -0.25) is 0 Å². The van der Waals surface area contributed by atoms with Gasteiger partial charge in [-0.05, 0) is 62.5 Å². The second-order valence-electron chi connectivity index (χ2n) is 15.9. The highest BCUT2D eigenvalue weighted by Gasteiger charge is 2.45. The molecule has 0 amide bonds. The van der Waals surface area contributed by atoms with Crippen LogP contribution in [0.25, 0.3) is 0 Å². The standard InChI is InChI=1S/C40H72O14/c1-11-20(2)12-21(3)13-26(8)38(54-40-37(50)36(49)35(48)31(18-42)53-40)27(9)15-24(6)32(45)22(4)14-23(5)33(46)25(7)16-28(10)39(51)52-19-30(44)34(47)29(43)17-41/h14-16,20-22,25-27,29-38,40-50H,11-13,17-19H2,1-10H3/b23-14+,24-15+,28-16+/t20?,21?,22?,25?,26?,27?,29-,30-,31?,32?,33?,34+,35+,36+,37?,38?,40+/m1/s1. The van der Waals surface area contributed by atoms with Crippen LogP contribution in [0.4, 0.5) is 0 Å². The summed E-state index contributed by atoms with van der Waals surface area (Å²) in [6, 6.07) is 0. The molecule has 14 nitrogen and oxygen atoms in total. The highest BCUT2D eigenvalue weighted by Crippen LogP contribution is 2.33. The maximum Gasteiger partial charge on any atom is 0.333 e. The molecule has 0 aliphatic carbocycles. The van der Waals surface area contributed by atoms with Gasteiger partial charge in [0.05, 0.1) is 31.5 Å². The maximum absolute atomic E-state index is 12.5. The Labute approximate surface area is 321 Å². The Balaban J connectivity index is 3.13. The molecule has 14 heteroatoms. The highest BCUT2D eigenvalue weighted by molar-refractivity contribution is 5.87. The van der Waals surface area contributed by atoms with Crippen molar-refractivity contribution in [2.45, 2.75) is 156 Å². The molecule has 1 aliphatic rings. The van der Waals surface area contributed by atoms with E-state index in [1.54, 1.807) is 33.8 Å². The van der Waals surface area contributed by atoms with Crippen LogP contribution in [0.15, 0.2) is 34.9 Å². The van der Waals surface area contributed by atoms with Crippen LogP contribution < -0.4 is 0 Å². The molecule has 11 unspecified atom stereocenters. The Morgan fingerprint density at radius 1 is 0.722 bits per heavy atom. The van der Waals surface area contributed by atoms with Crippen LogP contribution in [0.3, 0.4) is 0 Å². The number of hydrogen-bond acceptors (Lipinski definition) is 14. The summed E-state index contributed by atoms with van der Waals surface area (Å²) in [5.74, 6) is -1.23. The van der Waals surface area contributed by atoms with Crippen molar-refractivity contribution in [3.63, 3.8) is 0 Å². The molecule has 0 saturated carbocycles. The predicted octanol–water partition coefficient (Wildman–Crippen LogP) is 1.36. The summed E-state index contributed by atoms with van der Waals surface area (Å²) < 4.78 is 17.1. The van der Waals surface area contributed by atoms with Crippen LogP contribution in [0, 0.1) is 35.5 Å². The topological polar surface area (TPSA) is 247 Å². The number of carbonyl (C=O) groups excluding carboxylic acids is 1. The Hall–Kier alpha value is -1.79. The van der Waals surface area contributed by atoms with E-state index >= 15 is 0 Å². The molecule has 1 aliphatic heterocycles. The van der Waals surface area contributed by atoms with E-state index in [1.807, 2.05) is 19.9 Å². The van der Waals surface area contributed by atoms with Crippen LogP contribution in [0.1, 0.15) is 88.5 Å². The molecule has 17 atom stereocenters. The van der Waals surface area contributed by atoms with Gasteiger partial charge in [-0.15, -0.1) is 0 Å². The molecule has 316 valence electrons. The fourth-order valence-electron chi connectivity index (χ4n) is 7.16. The zero-order valence-electron chi connectivity index (χ0n) is 33.9. The van der Waals surface area contributed by atoms with Gasteiger partial charge in [-0.25, -0.2) is 4.79 Å². The Morgan fingerprint density at radius 2 is 1.26 bits per heavy atom. The molecule has 0 spiro atoms. The van der Waals surface area contributed by atoms with Crippen LogP contribution in [0.2, 0.25) is 0 Å². The third-order valence-corrected chi connectivity index (χ3v) is 10.7. The Bertz CT molecular complexity index is 1190. The number of ether oxygens (including phenoxy) is 3. The molecule has 1 fully saturated rings. The molecule has 1 heterocycles. The summed E-state index contributed by atoms with van der Waals surface area (Å²) in [4.78, 5) is 12.5. The van der Waals surface area contributed by atoms with E-state index in [0.717, 1.165) is 19.3 Å². The maximum atomic E-state index is 12.5. The number of aliphatic hydroxyl groups is 10. The molecule has 0 aromatic rings. The van der Waals surface area contributed by atoms with E-state index in [4.69, 9.17) is 19.3 Å². The van der Waals surface area contributed by atoms with Crippen molar-refractivity contribution in [3.8, 4) is 0 Å². The second-order valence-corrected chi connectivity index (χ2v) is 15.9. The zero-order valence-corrected chi connectivity index (χ0v) is 33.9. The Morgan fingerprint density at radius 3 is 1.78 bits per heavy atom. The Kier molecular flexibility index (Phi) is 22.4. The summed E-state index contributed by atoms with van der Waals surface area (Å²) in [7, 11) is 0. The second kappa shape index (κ2) is 24.1. The smallest absolute Gasteiger partial charge is 0.333 e. The minimum absolute atomic E-state index is 0.0477. The van der Waals surface area contributed by atoms with Crippen molar-refractivity contribution in [3.05, 3.63) is 34.9 Å². The minimum Gasteiger partial charge on any atom is -0.459 e. The van der Waals surface area contributed by atoms with Gasteiger partial charge in [0.2, 0.25) is 0 Å². The van der Waals surface area contributed by atoms with Crippen molar-refractivity contribution < 1.29 is 70.1 Å². The normalized spacial score (nSPS) is 28.5. The van der Waals surface area contributed by atoms with Gasteiger partial charge >= 0.3 is 5.97 Å². The number of carbonyl (C=O) groups is 1. The SMILES string of the molecule is CCC(C)CC(C)CC(C)C(O[C@@H]1OC(CO)[C@H](O)[C@H](O)C1O)C(C)/C=C(\C)C(O)C(C)/C=C(\C)C(O)C(C)/C=C(\C)C(=O)OC[C@@H](O)[C@@H](O)[C@H](O)CO. The average molecular weight is 777 g/mol. The molecular weight excluding hydrogens is 704 g/mol. The number of aliphatic hydroxyl groups excluding tert-OH is 10. The third-order valence-electron chi connectivity index (χ3n) is 10.7. The number of rotatable bonds is 23. The van der Waals surface area contributed by atoms with Crippen molar-refractivity contribution in [1.29, 1.82) is 0 Å². The van der Waals surface area contributed by atoms with Gasteiger partial charge < -0.3 is 65.3 Å². The molecule has 0 radical (unpaired) electrons. The van der Waals surface area contributed by atoms with Gasteiger partial charge in [0.1, 0.15) is 49.3 Å². The van der Waals surface area contributed by atoms with Gasteiger partial charge in [0, 0.05) is 23.3 Å². The fourth-order valence-corrected chi connectivity index (χ4v) is 7.16. The van der Waals surface area contributed by atoms with Crippen molar-refractivity contribution in [1.82, 2.24) is 0 Å². The van der Waals surface area contributed by atoms with Crippen molar-refractivity contribution >= 4 is 5.97 Å². The molecule has 0 bridgehead atoms. The lowest BCUT2D eigenvalue weighted by Crippen LogP contribution is -2.60. The summed E-state index contributed by atoms with van der Waals surface area (Å²) in [5, 5.41) is 102. The average Bonchev–Trinajstić information content (AvgIpc) is 3.13. The van der Waals surface area contributed by atoms with E-state index in [-0.39, 0.29) is 17.4 Å². The van der Waals surface area contributed by atoms with E-state index in [2.05, 4.69) is 20.8 Å². The molecule has 1 rings (SSSR count). The van der Waals surface area contributed by atoms with Crippen LogP contribution in [-0.4, -0.2) is 144 Å². The summed E-state index contributed by atoms with van der Waals surface area (Å²) >= 11 is 0. The lowest BCUT2D eigenvalue weighted by molar-refractivity contribution is -0.317. The molecule has 54 heavy (non-hydrogen) atoms. The van der Waals surface area contributed by atoms with Crippen LogP contribution in [-0.2, 0) is 19.0 Å². The zero-order chi connectivity index (χ0) is 41.6. The first-order chi connectivity index (χ1) is 25.1. The monoisotopic (exact) mass is 776 g/mol. The predicted molar refractivity (Wildman–Crippen MR) is 202 cm³/mol. The molecule has 0 aromatic heterocycles. The van der Waals surface area contributed by atoms with Crippen molar-refractivity contribution in [2.24, 2.45) is 35.5 Å².